The second-order valence-electron chi connectivity index (χ2n) is 8.02. The third-order valence-electron chi connectivity index (χ3n) is 6.03. The number of halogens is 1. The Kier molecular flexibility index (Phi) is 4.80. The molecule has 1 spiro atoms. The van der Waals surface area contributed by atoms with Crippen LogP contribution in [0.15, 0.2) is 30.3 Å². The molecule has 1 aliphatic heterocycles. The number of nitrogen functional groups attached to an aromatic ring is 1. The number of hydrogen-bond donors (Lipinski definition) is 3. The average Bonchev–Trinajstić information content (AvgIpc) is 3.03. The van der Waals surface area contributed by atoms with Crippen LogP contribution in [0.25, 0.3) is 5.69 Å². The van der Waals surface area contributed by atoms with Gasteiger partial charge in [-0.25, -0.2) is 17.5 Å². The highest BCUT2D eigenvalue weighted by molar-refractivity contribution is 7.92. The molecule has 1 aromatic heterocycles. The number of carbonyl (C=O) groups excluding carboxylic acids is 2. The molecule has 1 atom stereocenters. The second kappa shape index (κ2) is 7.08. The minimum absolute atomic E-state index is 0.0599. The van der Waals surface area contributed by atoms with Gasteiger partial charge in [0.05, 0.1) is 16.2 Å². The van der Waals surface area contributed by atoms with Crippen LogP contribution in [-0.2, 0) is 14.6 Å². The zero-order valence-electron chi connectivity index (χ0n) is 16.0. The molecule has 2 heterocycles. The van der Waals surface area contributed by atoms with Gasteiger partial charge in [-0.1, -0.05) is 0 Å². The first kappa shape index (κ1) is 20.3. The van der Waals surface area contributed by atoms with Gasteiger partial charge in [-0.2, -0.15) is 5.10 Å². The summed E-state index contributed by atoms with van der Waals surface area (Å²) in [4.78, 5) is 24.0. The number of nitrogens with one attached hydrogen (secondary N) is 1. The second-order valence-corrected chi connectivity index (χ2v) is 10.5. The third kappa shape index (κ3) is 3.42. The number of hydrogen-bond acceptors (Lipinski definition) is 6. The van der Waals surface area contributed by atoms with Crippen LogP contribution in [0.3, 0.4) is 0 Å². The van der Waals surface area contributed by atoms with Gasteiger partial charge in [-0.15, -0.1) is 0 Å². The summed E-state index contributed by atoms with van der Waals surface area (Å²) in [7, 11) is -3.36. The smallest absolute Gasteiger partial charge is 0.272 e. The summed E-state index contributed by atoms with van der Waals surface area (Å²) < 4.78 is 38.6. The molecule has 0 bridgehead atoms. The van der Waals surface area contributed by atoms with E-state index in [1.807, 2.05) is 0 Å². The lowest BCUT2D eigenvalue weighted by molar-refractivity contribution is -0.125. The normalized spacial score (nSPS) is 27.4. The van der Waals surface area contributed by atoms with Gasteiger partial charge in [-0.05, 0) is 49.9 Å². The van der Waals surface area contributed by atoms with Crippen LogP contribution in [0.5, 0.6) is 0 Å². The number of nitrogens with two attached hydrogens (primary N) is 2. The lowest BCUT2D eigenvalue weighted by Crippen LogP contribution is -2.60. The van der Waals surface area contributed by atoms with E-state index in [1.54, 1.807) is 0 Å². The van der Waals surface area contributed by atoms with Crippen molar-refractivity contribution >= 4 is 27.5 Å². The molecule has 1 unspecified atom stereocenters. The van der Waals surface area contributed by atoms with E-state index in [1.165, 1.54) is 35.0 Å². The van der Waals surface area contributed by atoms with Crippen LogP contribution >= 0.6 is 0 Å². The molecular weight excluding hydrogens is 413 g/mol. The molecule has 1 saturated heterocycles. The van der Waals surface area contributed by atoms with Gasteiger partial charge in [0, 0.05) is 18.0 Å². The first-order valence-corrected chi connectivity index (χ1v) is 11.2. The van der Waals surface area contributed by atoms with Gasteiger partial charge >= 0.3 is 0 Å². The lowest BCUT2D eigenvalue weighted by atomic mass is 9.70. The Balaban J connectivity index is 1.47. The van der Waals surface area contributed by atoms with Crippen LogP contribution in [0.2, 0.25) is 0 Å². The predicted molar refractivity (Wildman–Crippen MR) is 107 cm³/mol. The molecule has 0 radical (unpaired) electrons. The minimum atomic E-state index is -3.36. The zero-order valence-corrected chi connectivity index (χ0v) is 16.9. The van der Waals surface area contributed by atoms with Crippen molar-refractivity contribution in [1.82, 2.24) is 15.1 Å². The summed E-state index contributed by atoms with van der Waals surface area (Å²) in [5.41, 5.74) is 11.8. The number of aromatic nitrogens is 2. The van der Waals surface area contributed by atoms with Crippen LogP contribution in [0, 0.1) is 11.7 Å². The SMILES string of the molecule is NC(=O)C1CC2(CC(NC(=O)c3cc(N)n(-c4ccc(F)cc4)n3)CCS2(=O)=O)C1. The number of benzene rings is 1. The monoisotopic (exact) mass is 435 g/mol. The molecule has 160 valence electrons. The predicted octanol–water partition coefficient (Wildman–Crippen LogP) is 0.535. The Labute approximate surface area is 172 Å². The Hall–Kier alpha value is -2.95. The molecule has 30 heavy (non-hydrogen) atoms. The standard InChI is InChI=1S/C19H22FN5O4S/c20-12-1-3-14(4-2-12)25-16(21)7-15(24-25)18(27)23-13-5-6-30(28,29)19(10-13)8-11(9-19)17(22)26/h1-4,7,11,13H,5-6,8-10,21H2,(H2,22,26)(H,23,27). The highest BCUT2D eigenvalue weighted by Crippen LogP contribution is 2.50. The van der Waals surface area contributed by atoms with E-state index in [2.05, 4.69) is 10.4 Å². The van der Waals surface area contributed by atoms with E-state index in [0.717, 1.165) is 0 Å². The fourth-order valence-corrected chi connectivity index (χ4v) is 6.72. The molecule has 2 aliphatic rings. The maximum absolute atomic E-state index is 13.1. The van der Waals surface area contributed by atoms with Crippen molar-refractivity contribution in [3.05, 3.63) is 41.8 Å². The molecule has 4 rings (SSSR count). The summed E-state index contributed by atoms with van der Waals surface area (Å²) in [6, 6.07) is 6.53. The van der Waals surface area contributed by atoms with Gasteiger partial charge in [-0.3, -0.25) is 9.59 Å². The van der Waals surface area contributed by atoms with Gasteiger partial charge in [0.2, 0.25) is 5.91 Å². The Morgan fingerprint density at radius 1 is 1.20 bits per heavy atom. The van der Waals surface area contributed by atoms with E-state index >= 15 is 0 Å². The molecule has 9 nitrogen and oxygen atoms in total. The van der Waals surface area contributed by atoms with Crippen molar-refractivity contribution in [1.29, 1.82) is 0 Å². The molecule has 11 heteroatoms. The van der Waals surface area contributed by atoms with E-state index in [0.29, 0.717) is 5.69 Å². The van der Waals surface area contributed by atoms with Crippen molar-refractivity contribution in [2.75, 3.05) is 11.5 Å². The average molecular weight is 435 g/mol. The third-order valence-corrected chi connectivity index (χ3v) is 8.62. The van der Waals surface area contributed by atoms with E-state index in [9.17, 15) is 22.4 Å². The van der Waals surface area contributed by atoms with E-state index < -0.39 is 38.1 Å². The number of sulfone groups is 1. The topological polar surface area (TPSA) is 150 Å². The number of rotatable bonds is 4. The molecule has 1 saturated carbocycles. The van der Waals surface area contributed by atoms with Gasteiger partial charge in [0.25, 0.3) is 5.91 Å². The first-order valence-electron chi connectivity index (χ1n) is 9.54. The number of anilines is 1. The minimum Gasteiger partial charge on any atom is -0.384 e. The summed E-state index contributed by atoms with van der Waals surface area (Å²) in [6.07, 6.45) is 0.913. The highest BCUT2D eigenvalue weighted by atomic mass is 32.2. The van der Waals surface area contributed by atoms with Gasteiger partial charge in [0.15, 0.2) is 15.5 Å². The molecular formula is C19H22FN5O4S. The Morgan fingerprint density at radius 3 is 2.50 bits per heavy atom. The largest absolute Gasteiger partial charge is 0.384 e. The van der Waals surface area contributed by atoms with E-state index in [4.69, 9.17) is 11.5 Å². The maximum atomic E-state index is 13.1. The fraction of sp³-hybridized carbons (Fsp3) is 0.421. The van der Waals surface area contributed by atoms with Crippen molar-refractivity contribution in [2.45, 2.75) is 36.5 Å². The van der Waals surface area contributed by atoms with Crippen molar-refractivity contribution in [2.24, 2.45) is 11.7 Å². The van der Waals surface area contributed by atoms with Crippen LogP contribution in [0.1, 0.15) is 36.2 Å². The molecule has 2 amide bonds. The Bertz CT molecular complexity index is 1110. The van der Waals surface area contributed by atoms with Crippen molar-refractivity contribution in [3.63, 3.8) is 0 Å². The van der Waals surface area contributed by atoms with Crippen LogP contribution in [0.4, 0.5) is 10.2 Å². The molecule has 5 N–H and O–H groups in total. The molecule has 2 aromatic rings. The number of primary amides is 1. The Morgan fingerprint density at radius 2 is 1.87 bits per heavy atom. The van der Waals surface area contributed by atoms with Gasteiger partial charge in [0.1, 0.15) is 11.6 Å². The van der Waals surface area contributed by atoms with Crippen LogP contribution in [-0.4, -0.2) is 46.6 Å². The van der Waals surface area contributed by atoms with Crippen molar-refractivity contribution < 1.29 is 22.4 Å². The fourth-order valence-electron chi connectivity index (χ4n) is 4.33. The first-order chi connectivity index (χ1) is 14.1. The number of amides is 2. The summed E-state index contributed by atoms with van der Waals surface area (Å²) in [5, 5.41) is 7.02. The summed E-state index contributed by atoms with van der Waals surface area (Å²) in [5.74, 6) is -1.68. The van der Waals surface area contributed by atoms with E-state index in [-0.39, 0.29) is 49.0 Å². The molecule has 1 aromatic carbocycles. The van der Waals surface area contributed by atoms with Gasteiger partial charge < -0.3 is 16.8 Å². The van der Waals surface area contributed by atoms with Crippen LogP contribution < -0.4 is 16.8 Å². The zero-order chi connectivity index (χ0) is 21.7. The van der Waals surface area contributed by atoms with Crippen molar-refractivity contribution in [3.8, 4) is 5.69 Å². The molecule has 1 aliphatic carbocycles. The quantitative estimate of drug-likeness (QED) is 0.638. The highest BCUT2D eigenvalue weighted by Gasteiger charge is 2.58. The number of carbonyl (C=O) groups is 2. The summed E-state index contributed by atoms with van der Waals surface area (Å²) in [6.45, 7) is 0. The lowest BCUT2D eigenvalue weighted by Gasteiger charge is -2.49. The molecule has 2 fully saturated rings. The maximum Gasteiger partial charge on any atom is 0.272 e. The summed E-state index contributed by atoms with van der Waals surface area (Å²) >= 11 is 0. The number of nitrogens with zero attached hydrogens (tertiary/aromatic N) is 2.